The molecule has 1 saturated heterocycles. The van der Waals surface area contributed by atoms with Crippen LogP contribution in [0.1, 0.15) is 0 Å². The summed E-state index contributed by atoms with van der Waals surface area (Å²) in [6.07, 6.45) is 1.50. The Kier molecular flexibility index (Phi) is 6.62. The van der Waals surface area contributed by atoms with Crippen molar-refractivity contribution >= 4 is 44.2 Å². The van der Waals surface area contributed by atoms with Gasteiger partial charge in [0.05, 0.1) is 18.1 Å². The van der Waals surface area contributed by atoms with E-state index >= 15 is 0 Å². The first-order chi connectivity index (χ1) is 12.5. The molecule has 2 N–H and O–H groups in total. The van der Waals surface area contributed by atoms with Crippen LogP contribution in [0, 0.1) is 3.57 Å². The Morgan fingerprint density at radius 1 is 1.12 bits per heavy atom. The molecule has 0 spiro atoms. The summed E-state index contributed by atoms with van der Waals surface area (Å²) in [6.45, 7) is 3.65. The number of hydrogen-bond acceptors (Lipinski definition) is 7. The molecule has 0 saturated carbocycles. The average Bonchev–Trinajstić information content (AvgIpc) is 2.67. The van der Waals surface area contributed by atoms with Gasteiger partial charge in [-0.15, -0.1) is 0 Å². The number of halogens is 1. The van der Waals surface area contributed by atoms with Gasteiger partial charge in [-0.3, -0.25) is 0 Å². The van der Waals surface area contributed by atoms with Crippen LogP contribution in [0.5, 0.6) is 0 Å². The van der Waals surface area contributed by atoms with Crippen LogP contribution in [-0.2, 0) is 14.8 Å². The number of morpholine rings is 1. The van der Waals surface area contributed by atoms with E-state index in [0.29, 0.717) is 25.6 Å². The number of aromatic nitrogens is 2. The Balaban J connectivity index is 1.51. The van der Waals surface area contributed by atoms with Gasteiger partial charge in [0.2, 0.25) is 10.0 Å². The molecule has 0 amide bonds. The number of anilines is 2. The Bertz CT molecular complexity index is 826. The number of nitrogens with zero attached hydrogens (tertiary/aromatic N) is 3. The fourth-order valence-electron chi connectivity index (χ4n) is 2.48. The molecule has 0 bridgehead atoms. The second-order valence-electron chi connectivity index (χ2n) is 5.64. The molecule has 1 fully saturated rings. The van der Waals surface area contributed by atoms with Crippen molar-refractivity contribution in [3.63, 3.8) is 0 Å². The van der Waals surface area contributed by atoms with Crippen LogP contribution in [0.15, 0.2) is 41.6 Å². The summed E-state index contributed by atoms with van der Waals surface area (Å²) in [5.74, 6) is 1.50. The smallest absolute Gasteiger partial charge is 0.240 e. The van der Waals surface area contributed by atoms with E-state index in [1.807, 2.05) is 6.07 Å². The van der Waals surface area contributed by atoms with Gasteiger partial charge in [0, 0.05) is 35.8 Å². The molecule has 1 aromatic carbocycles. The zero-order valence-electron chi connectivity index (χ0n) is 14.1. The second kappa shape index (κ2) is 8.93. The highest BCUT2D eigenvalue weighted by Crippen LogP contribution is 2.15. The molecule has 1 aliphatic heterocycles. The third-order valence-corrected chi connectivity index (χ3v) is 6.03. The molecule has 2 aromatic rings. The maximum Gasteiger partial charge on any atom is 0.240 e. The summed E-state index contributed by atoms with van der Waals surface area (Å²) in [4.78, 5) is 10.9. The quantitative estimate of drug-likeness (QED) is 0.447. The number of nitrogens with one attached hydrogen (secondary N) is 2. The van der Waals surface area contributed by atoms with Gasteiger partial charge in [-0.1, -0.05) is 0 Å². The normalized spacial score (nSPS) is 15.0. The number of rotatable bonds is 7. The summed E-state index contributed by atoms with van der Waals surface area (Å²) >= 11 is 2.14. The number of ether oxygens (including phenoxy) is 1. The first-order valence-electron chi connectivity index (χ1n) is 8.18. The van der Waals surface area contributed by atoms with Crippen molar-refractivity contribution in [3.05, 3.63) is 40.2 Å². The zero-order chi connectivity index (χ0) is 18.4. The van der Waals surface area contributed by atoms with Crippen molar-refractivity contribution in [1.82, 2.24) is 14.7 Å². The lowest BCUT2D eigenvalue weighted by Gasteiger charge is -2.27. The van der Waals surface area contributed by atoms with Crippen molar-refractivity contribution < 1.29 is 13.2 Å². The van der Waals surface area contributed by atoms with E-state index in [9.17, 15) is 8.42 Å². The number of hydrogen-bond donors (Lipinski definition) is 2. The van der Waals surface area contributed by atoms with E-state index in [0.717, 1.165) is 22.5 Å². The molecule has 0 unspecified atom stereocenters. The Labute approximate surface area is 166 Å². The van der Waals surface area contributed by atoms with Crippen LogP contribution in [0.4, 0.5) is 11.6 Å². The fourth-order valence-corrected chi connectivity index (χ4v) is 3.87. The highest BCUT2D eigenvalue weighted by atomic mass is 127. The fraction of sp³-hybridized carbons (Fsp3) is 0.375. The monoisotopic (exact) mass is 489 g/mol. The molecule has 0 radical (unpaired) electrons. The molecule has 3 rings (SSSR count). The van der Waals surface area contributed by atoms with E-state index in [1.165, 1.54) is 6.33 Å². The van der Waals surface area contributed by atoms with Crippen molar-refractivity contribution in [1.29, 1.82) is 0 Å². The molecule has 10 heteroatoms. The lowest BCUT2D eigenvalue weighted by atomic mass is 10.4. The second-order valence-corrected chi connectivity index (χ2v) is 8.65. The largest absolute Gasteiger partial charge is 0.378 e. The van der Waals surface area contributed by atoms with Crippen LogP contribution in [0.2, 0.25) is 0 Å². The minimum absolute atomic E-state index is 0.255. The van der Waals surface area contributed by atoms with Gasteiger partial charge in [-0.2, -0.15) is 0 Å². The molecule has 26 heavy (non-hydrogen) atoms. The molecule has 140 valence electrons. The highest BCUT2D eigenvalue weighted by Gasteiger charge is 2.14. The van der Waals surface area contributed by atoms with Crippen LogP contribution in [-0.4, -0.2) is 57.8 Å². The van der Waals surface area contributed by atoms with Crippen LogP contribution in [0.3, 0.4) is 0 Å². The summed E-state index contributed by atoms with van der Waals surface area (Å²) in [5.41, 5.74) is 0. The van der Waals surface area contributed by atoms with Gasteiger partial charge in [-0.05, 0) is 46.9 Å². The lowest BCUT2D eigenvalue weighted by molar-refractivity contribution is 0.122. The minimum Gasteiger partial charge on any atom is -0.378 e. The van der Waals surface area contributed by atoms with E-state index < -0.39 is 10.0 Å². The van der Waals surface area contributed by atoms with Crippen molar-refractivity contribution in [2.24, 2.45) is 0 Å². The Morgan fingerprint density at radius 3 is 2.58 bits per heavy atom. The van der Waals surface area contributed by atoms with Crippen LogP contribution in [0.25, 0.3) is 0 Å². The number of sulfonamides is 1. The molecule has 8 nitrogen and oxygen atoms in total. The average molecular weight is 489 g/mol. The van der Waals surface area contributed by atoms with E-state index in [4.69, 9.17) is 4.74 Å². The third-order valence-electron chi connectivity index (χ3n) is 3.83. The summed E-state index contributed by atoms with van der Waals surface area (Å²) < 4.78 is 33.4. The molecule has 2 heterocycles. The van der Waals surface area contributed by atoms with E-state index in [-0.39, 0.29) is 11.4 Å². The highest BCUT2D eigenvalue weighted by molar-refractivity contribution is 14.1. The van der Waals surface area contributed by atoms with Crippen LogP contribution >= 0.6 is 22.6 Å². The van der Waals surface area contributed by atoms with Gasteiger partial charge < -0.3 is 15.0 Å². The molecular formula is C16H20IN5O3S. The van der Waals surface area contributed by atoms with Gasteiger partial charge in [0.15, 0.2) is 0 Å². The zero-order valence-corrected chi connectivity index (χ0v) is 17.0. The molecule has 1 aliphatic rings. The molecule has 0 aliphatic carbocycles. The van der Waals surface area contributed by atoms with Crippen molar-refractivity contribution in [2.45, 2.75) is 4.90 Å². The van der Waals surface area contributed by atoms with Gasteiger partial charge in [-0.25, -0.2) is 23.1 Å². The summed E-state index contributed by atoms with van der Waals surface area (Å²) in [6, 6.07) is 8.58. The minimum atomic E-state index is -3.50. The standard InChI is InChI=1S/C16H20IN5O3S/c17-13-1-3-14(4-2-13)26(23,24)21-6-5-18-15-11-16(20-12-19-15)22-7-9-25-10-8-22/h1-4,11-12,21H,5-10H2,(H,18,19,20). The summed E-state index contributed by atoms with van der Waals surface area (Å²) in [5, 5.41) is 3.12. The van der Waals surface area contributed by atoms with Crippen LogP contribution < -0.4 is 14.9 Å². The first-order valence-corrected chi connectivity index (χ1v) is 10.7. The van der Waals surface area contributed by atoms with E-state index in [1.54, 1.807) is 24.3 Å². The SMILES string of the molecule is O=S(=O)(NCCNc1cc(N2CCOCC2)ncn1)c1ccc(I)cc1. The van der Waals surface area contributed by atoms with E-state index in [2.05, 4.69) is 47.5 Å². The summed E-state index contributed by atoms with van der Waals surface area (Å²) in [7, 11) is -3.50. The van der Waals surface area contributed by atoms with Gasteiger partial charge in [0.25, 0.3) is 0 Å². The molecule has 1 aromatic heterocycles. The van der Waals surface area contributed by atoms with Crippen molar-refractivity contribution in [3.8, 4) is 0 Å². The molecular weight excluding hydrogens is 469 g/mol. The van der Waals surface area contributed by atoms with Gasteiger partial charge >= 0.3 is 0 Å². The molecule has 0 atom stereocenters. The maximum atomic E-state index is 12.2. The maximum absolute atomic E-state index is 12.2. The lowest BCUT2D eigenvalue weighted by Crippen LogP contribution is -2.36. The first kappa shape index (κ1) is 19.3. The topological polar surface area (TPSA) is 96.5 Å². The predicted molar refractivity (Wildman–Crippen MR) is 108 cm³/mol. The third kappa shape index (κ3) is 5.25. The van der Waals surface area contributed by atoms with Crippen molar-refractivity contribution in [2.75, 3.05) is 49.6 Å². The Hall–Kier alpha value is -1.50. The van der Waals surface area contributed by atoms with Gasteiger partial charge in [0.1, 0.15) is 18.0 Å². The predicted octanol–water partition coefficient (Wildman–Crippen LogP) is 1.31. The number of benzene rings is 1. The Morgan fingerprint density at radius 2 is 1.85 bits per heavy atom.